The van der Waals surface area contributed by atoms with Gasteiger partial charge in [-0.25, -0.2) is 4.79 Å². The van der Waals surface area contributed by atoms with E-state index in [2.05, 4.69) is 21.2 Å². The van der Waals surface area contributed by atoms with Crippen LogP contribution in [0.4, 0.5) is 0 Å². The molecule has 0 atom stereocenters. The molecule has 1 N–H and O–H groups in total. The van der Waals surface area contributed by atoms with Crippen molar-refractivity contribution in [1.82, 2.24) is 19.7 Å². The summed E-state index contributed by atoms with van der Waals surface area (Å²) in [5.41, 5.74) is 5.36. The Morgan fingerprint density at radius 1 is 1.21 bits per heavy atom. The van der Waals surface area contributed by atoms with Gasteiger partial charge in [-0.05, 0) is 51.8 Å². The smallest absolute Gasteiger partial charge is 0.340 e. The highest BCUT2D eigenvalue weighted by molar-refractivity contribution is 7.99. The van der Waals surface area contributed by atoms with Gasteiger partial charge >= 0.3 is 5.97 Å². The predicted molar refractivity (Wildman–Crippen MR) is 112 cm³/mol. The fourth-order valence-electron chi connectivity index (χ4n) is 3.30. The van der Waals surface area contributed by atoms with Crippen molar-refractivity contribution >= 4 is 23.5 Å². The first-order valence-corrected chi connectivity index (χ1v) is 10.3. The monoisotopic (exact) mass is 412 g/mol. The van der Waals surface area contributed by atoms with Crippen molar-refractivity contribution in [1.29, 1.82) is 0 Å². The van der Waals surface area contributed by atoms with E-state index < -0.39 is 5.97 Å². The van der Waals surface area contributed by atoms with Crippen molar-refractivity contribution in [3.63, 3.8) is 0 Å². The second kappa shape index (κ2) is 8.65. The second-order valence-corrected chi connectivity index (χ2v) is 7.77. The molecule has 0 aliphatic carbocycles. The van der Waals surface area contributed by atoms with Gasteiger partial charge in [-0.1, -0.05) is 29.5 Å². The summed E-state index contributed by atoms with van der Waals surface area (Å²) >= 11 is 1.31. The molecule has 0 radical (unpaired) electrons. The first-order valence-electron chi connectivity index (χ1n) is 9.33. The molecule has 8 heteroatoms. The molecular weight excluding hydrogens is 388 g/mol. The summed E-state index contributed by atoms with van der Waals surface area (Å²) in [5, 5.41) is 8.80. The van der Waals surface area contributed by atoms with Gasteiger partial charge in [0.1, 0.15) is 6.33 Å². The van der Waals surface area contributed by atoms with Gasteiger partial charge in [0.15, 0.2) is 10.9 Å². The number of esters is 1. The van der Waals surface area contributed by atoms with Crippen LogP contribution in [0.25, 0.3) is 5.69 Å². The van der Waals surface area contributed by atoms with E-state index in [9.17, 15) is 9.59 Å². The topological polar surface area (TPSA) is 89.9 Å². The highest BCUT2D eigenvalue weighted by Crippen LogP contribution is 2.25. The van der Waals surface area contributed by atoms with Crippen molar-refractivity contribution < 1.29 is 14.3 Å². The molecule has 1 aromatic carbocycles. The van der Waals surface area contributed by atoms with Crippen molar-refractivity contribution in [2.45, 2.75) is 39.8 Å². The Morgan fingerprint density at radius 3 is 2.66 bits per heavy atom. The number of ether oxygens (including phenoxy) is 1. The second-order valence-electron chi connectivity index (χ2n) is 6.83. The fourth-order valence-corrected chi connectivity index (χ4v) is 4.10. The van der Waals surface area contributed by atoms with E-state index in [-0.39, 0.29) is 18.1 Å². The molecule has 0 bridgehead atoms. The molecule has 7 nitrogen and oxygen atoms in total. The molecule has 152 valence electrons. The van der Waals surface area contributed by atoms with Gasteiger partial charge < -0.3 is 9.72 Å². The van der Waals surface area contributed by atoms with Crippen molar-refractivity contribution in [2.75, 3.05) is 12.4 Å². The number of ketones is 1. The van der Waals surface area contributed by atoms with E-state index in [1.54, 1.807) is 27.1 Å². The zero-order chi connectivity index (χ0) is 21.1. The third kappa shape index (κ3) is 4.27. The fraction of sp³-hybridized carbons (Fsp3) is 0.333. The van der Waals surface area contributed by atoms with Gasteiger partial charge in [-0.2, -0.15) is 0 Å². The van der Waals surface area contributed by atoms with Crippen LogP contribution in [0.3, 0.4) is 0 Å². The van der Waals surface area contributed by atoms with Gasteiger partial charge in [-0.3, -0.25) is 9.36 Å². The highest BCUT2D eigenvalue weighted by atomic mass is 32.2. The third-order valence-corrected chi connectivity index (χ3v) is 5.60. The number of carbonyl (C=O) groups excluding carboxylic acids is 2. The average Bonchev–Trinajstić information content (AvgIpc) is 3.24. The van der Waals surface area contributed by atoms with Crippen LogP contribution in [0, 0.1) is 27.7 Å². The summed E-state index contributed by atoms with van der Waals surface area (Å²) in [5.74, 6) is -0.353. The molecule has 2 heterocycles. The van der Waals surface area contributed by atoms with Crippen LogP contribution in [-0.2, 0) is 4.74 Å². The van der Waals surface area contributed by atoms with Crippen LogP contribution in [0.2, 0.25) is 0 Å². The summed E-state index contributed by atoms with van der Waals surface area (Å²) in [6.45, 7) is 9.64. The van der Waals surface area contributed by atoms with Crippen molar-refractivity contribution in [3.8, 4) is 5.69 Å². The summed E-state index contributed by atoms with van der Waals surface area (Å²) < 4.78 is 6.97. The van der Waals surface area contributed by atoms with Crippen LogP contribution in [0.1, 0.15) is 50.2 Å². The van der Waals surface area contributed by atoms with Gasteiger partial charge in [0.25, 0.3) is 0 Å². The summed E-state index contributed by atoms with van der Waals surface area (Å²) in [7, 11) is 0. The van der Waals surface area contributed by atoms with Crippen LogP contribution < -0.4 is 0 Å². The molecule has 0 unspecified atom stereocenters. The number of benzene rings is 1. The third-order valence-electron chi connectivity index (χ3n) is 4.66. The molecule has 0 aliphatic heterocycles. The molecular formula is C21H24N4O3S. The zero-order valence-electron chi connectivity index (χ0n) is 17.2. The van der Waals surface area contributed by atoms with Crippen LogP contribution in [-0.4, -0.2) is 43.9 Å². The van der Waals surface area contributed by atoms with E-state index in [1.165, 1.54) is 17.3 Å². The molecule has 29 heavy (non-hydrogen) atoms. The Hall–Kier alpha value is -2.87. The Balaban J connectivity index is 1.79. The molecule has 0 fully saturated rings. The molecule has 3 rings (SSSR count). The predicted octanol–water partition coefficient (Wildman–Crippen LogP) is 3.98. The molecule has 0 aliphatic rings. The molecule has 3 aromatic rings. The number of rotatable bonds is 7. The lowest BCUT2D eigenvalue weighted by molar-refractivity contribution is 0.0525. The minimum absolute atomic E-state index is 0.110. The first kappa shape index (κ1) is 20.9. The lowest BCUT2D eigenvalue weighted by atomic mass is 10.1. The standard InChI is InChI=1S/C21H24N4O3S/c1-6-28-20(27)18-14(4)19(23-15(18)5)17(26)10-29-21-24-22-11-25(21)16-8-7-12(2)9-13(16)3/h7-9,11,23H,6,10H2,1-5H3. The van der Waals surface area contributed by atoms with E-state index in [1.807, 2.05) is 30.5 Å². The highest BCUT2D eigenvalue weighted by Gasteiger charge is 2.23. The van der Waals surface area contributed by atoms with E-state index in [4.69, 9.17) is 4.74 Å². The van der Waals surface area contributed by atoms with Crippen molar-refractivity contribution in [3.05, 3.63) is 58.2 Å². The molecule has 0 spiro atoms. The Labute approximate surface area is 173 Å². The number of hydrogen-bond donors (Lipinski definition) is 1. The lowest BCUT2D eigenvalue weighted by Crippen LogP contribution is -2.09. The Bertz CT molecular complexity index is 1070. The maximum Gasteiger partial charge on any atom is 0.340 e. The van der Waals surface area contributed by atoms with E-state index >= 15 is 0 Å². The summed E-state index contributed by atoms with van der Waals surface area (Å²) in [6.07, 6.45) is 1.65. The van der Waals surface area contributed by atoms with Gasteiger partial charge in [-0.15, -0.1) is 10.2 Å². The largest absolute Gasteiger partial charge is 0.462 e. The number of thioether (sulfide) groups is 1. The molecule has 0 saturated carbocycles. The summed E-state index contributed by atoms with van der Waals surface area (Å²) in [6, 6.07) is 6.14. The lowest BCUT2D eigenvalue weighted by Gasteiger charge is -2.10. The van der Waals surface area contributed by atoms with E-state index in [0.717, 1.165) is 11.3 Å². The first-order chi connectivity index (χ1) is 13.8. The number of nitrogens with one attached hydrogen (secondary N) is 1. The Morgan fingerprint density at radius 2 is 1.97 bits per heavy atom. The average molecular weight is 413 g/mol. The van der Waals surface area contributed by atoms with Crippen LogP contribution >= 0.6 is 11.8 Å². The van der Waals surface area contributed by atoms with Gasteiger partial charge in [0, 0.05) is 5.69 Å². The van der Waals surface area contributed by atoms with Crippen LogP contribution in [0.5, 0.6) is 0 Å². The zero-order valence-corrected chi connectivity index (χ0v) is 18.0. The quantitative estimate of drug-likeness (QED) is 0.359. The number of aromatic amines is 1. The maximum atomic E-state index is 12.8. The number of nitrogens with zero attached hydrogens (tertiary/aromatic N) is 3. The SMILES string of the molecule is CCOC(=O)c1c(C)[nH]c(C(=O)CSc2nncn2-c2ccc(C)cc2C)c1C. The van der Waals surface area contributed by atoms with Gasteiger partial charge in [0.2, 0.25) is 0 Å². The van der Waals surface area contributed by atoms with Crippen molar-refractivity contribution in [2.24, 2.45) is 0 Å². The van der Waals surface area contributed by atoms with Crippen LogP contribution in [0.15, 0.2) is 29.7 Å². The minimum atomic E-state index is -0.417. The molecule has 2 aromatic heterocycles. The number of H-pyrrole nitrogens is 1. The maximum absolute atomic E-state index is 12.8. The number of aromatic nitrogens is 4. The van der Waals surface area contributed by atoms with E-state index in [0.29, 0.717) is 27.7 Å². The number of Topliss-reactive ketones (excluding diaryl/α,β-unsaturated/α-hetero) is 1. The number of carbonyl (C=O) groups is 2. The molecule has 0 amide bonds. The normalized spacial score (nSPS) is 10.9. The number of aryl methyl sites for hydroxylation is 3. The molecule has 0 saturated heterocycles. The van der Waals surface area contributed by atoms with Gasteiger partial charge in [0.05, 0.1) is 29.3 Å². The number of hydrogen-bond acceptors (Lipinski definition) is 6. The minimum Gasteiger partial charge on any atom is -0.462 e. The summed E-state index contributed by atoms with van der Waals surface area (Å²) in [4.78, 5) is 28.0. The Kier molecular flexibility index (Phi) is 6.22.